The molecule has 0 bridgehead atoms. The second-order valence-electron chi connectivity index (χ2n) is 5.58. The van der Waals surface area contributed by atoms with E-state index in [-0.39, 0.29) is 0 Å². The lowest BCUT2D eigenvalue weighted by Crippen LogP contribution is -2.21. The lowest BCUT2D eigenvalue weighted by molar-refractivity contribution is 0.189. The quantitative estimate of drug-likeness (QED) is 0.555. The van der Waals surface area contributed by atoms with E-state index in [0.29, 0.717) is 0 Å². The predicted molar refractivity (Wildman–Crippen MR) is 53.0 cm³/mol. The molecule has 0 saturated heterocycles. The van der Waals surface area contributed by atoms with Gasteiger partial charge in [0.2, 0.25) is 0 Å². The van der Waals surface area contributed by atoms with Gasteiger partial charge in [-0.15, -0.1) is 0 Å². The second kappa shape index (κ2) is 2.75. The normalized spacial score (nSPS) is 53.8. The van der Waals surface area contributed by atoms with Crippen molar-refractivity contribution >= 4 is 0 Å². The van der Waals surface area contributed by atoms with Crippen molar-refractivity contribution in [3.8, 4) is 0 Å². The van der Waals surface area contributed by atoms with Gasteiger partial charge in [0.25, 0.3) is 0 Å². The van der Waals surface area contributed by atoms with Crippen molar-refractivity contribution in [1.82, 2.24) is 0 Å². The van der Waals surface area contributed by atoms with E-state index in [4.69, 9.17) is 0 Å². The fraction of sp³-hybridized carbons (Fsp3) is 1.00. The van der Waals surface area contributed by atoms with E-state index in [2.05, 4.69) is 20.8 Å². The summed E-state index contributed by atoms with van der Waals surface area (Å²) in [6, 6.07) is 0. The minimum absolute atomic E-state index is 0.759. The molecule has 70 valence electrons. The Morgan fingerprint density at radius 3 is 2.33 bits per heavy atom. The summed E-state index contributed by atoms with van der Waals surface area (Å²) >= 11 is 0. The zero-order chi connectivity index (χ0) is 8.77. The molecule has 4 unspecified atom stereocenters. The lowest BCUT2D eigenvalue weighted by atomic mass is 9.74. The van der Waals surface area contributed by atoms with Crippen LogP contribution in [0.1, 0.15) is 52.9 Å². The van der Waals surface area contributed by atoms with Gasteiger partial charge in [0.1, 0.15) is 0 Å². The molecular formula is C12H22. The lowest BCUT2D eigenvalue weighted by Gasteiger charge is -2.32. The second-order valence-corrected chi connectivity index (χ2v) is 5.58. The summed E-state index contributed by atoms with van der Waals surface area (Å²) in [5.74, 6) is 3.09. The highest BCUT2D eigenvalue weighted by Crippen LogP contribution is 2.60. The first-order chi connectivity index (χ1) is 5.63. The van der Waals surface area contributed by atoms with E-state index >= 15 is 0 Å². The molecule has 2 aliphatic rings. The summed E-state index contributed by atoms with van der Waals surface area (Å²) in [6.45, 7) is 7.38. The van der Waals surface area contributed by atoms with Crippen LogP contribution in [0.25, 0.3) is 0 Å². The molecule has 12 heavy (non-hydrogen) atoms. The average molecular weight is 166 g/mol. The molecule has 4 atom stereocenters. The molecular weight excluding hydrogens is 144 g/mol. The van der Waals surface area contributed by atoms with Gasteiger partial charge >= 0.3 is 0 Å². The highest BCUT2D eigenvalue weighted by atomic mass is 14.6. The first kappa shape index (κ1) is 8.59. The van der Waals surface area contributed by atoms with E-state index < -0.39 is 0 Å². The summed E-state index contributed by atoms with van der Waals surface area (Å²) in [5.41, 5.74) is 0.759. The molecule has 0 amide bonds. The Kier molecular flexibility index (Phi) is 1.97. The fourth-order valence-corrected chi connectivity index (χ4v) is 3.20. The van der Waals surface area contributed by atoms with Crippen LogP contribution in [-0.2, 0) is 0 Å². The van der Waals surface area contributed by atoms with Gasteiger partial charge in [-0.2, -0.15) is 0 Å². The van der Waals surface area contributed by atoms with Gasteiger partial charge in [0, 0.05) is 0 Å². The van der Waals surface area contributed by atoms with Crippen LogP contribution >= 0.6 is 0 Å². The summed E-state index contributed by atoms with van der Waals surface area (Å²) < 4.78 is 0. The number of rotatable bonds is 1. The fourth-order valence-electron chi connectivity index (χ4n) is 3.20. The van der Waals surface area contributed by atoms with Gasteiger partial charge in [0.15, 0.2) is 0 Å². The summed E-state index contributed by atoms with van der Waals surface area (Å²) in [7, 11) is 0. The Hall–Kier alpha value is 0. The SMILES string of the molecule is CC1CCCC(C2(C)CC2C)C1. The Bertz CT molecular complexity index is 173. The predicted octanol–water partition coefficient (Wildman–Crippen LogP) is 3.86. The van der Waals surface area contributed by atoms with Gasteiger partial charge in [-0.05, 0) is 42.4 Å². The highest BCUT2D eigenvalue weighted by Gasteiger charge is 2.52. The van der Waals surface area contributed by atoms with Crippen molar-refractivity contribution in [1.29, 1.82) is 0 Å². The monoisotopic (exact) mass is 166 g/mol. The van der Waals surface area contributed by atoms with Crippen LogP contribution in [0.2, 0.25) is 0 Å². The molecule has 0 nitrogen and oxygen atoms in total. The zero-order valence-corrected chi connectivity index (χ0v) is 8.77. The maximum Gasteiger partial charge on any atom is -0.0269 e. The Balaban J connectivity index is 1.95. The van der Waals surface area contributed by atoms with Gasteiger partial charge < -0.3 is 0 Å². The Labute approximate surface area is 76.7 Å². The van der Waals surface area contributed by atoms with Crippen LogP contribution in [0.5, 0.6) is 0 Å². The van der Waals surface area contributed by atoms with E-state index in [1.54, 1.807) is 0 Å². The van der Waals surface area contributed by atoms with Gasteiger partial charge in [0.05, 0.1) is 0 Å². The minimum atomic E-state index is 0.759. The summed E-state index contributed by atoms with van der Waals surface area (Å²) in [5, 5.41) is 0. The van der Waals surface area contributed by atoms with E-state index in [0.717, 1.165) is 23.2 Å². The van der Waals surface area contributed by atoms with Crippen molar-refractivity contribution in [3.05, 3.63) is 0 Å². The number of hydrogen-bond donors (Lipinski definition) is 0. The van der Waals surface area contributed by atoms with E-state index in [9.17, 15) is 0 Å². The van der Waals surface area contributed by atoms with Crippen LogP contribution in [0, 0.1) is 23.2 Å². The molecule has 2 saturated carbocycles. The molecule has 2 fully saturated rings. The van der Waals surface area contributed by atoms with Crippen LogP contribution in [0.3, 0.4) is 0 Å². The van der Waals surface area contributed by atoms with Crippen molar-refractivity contribution < 1.29 is 0 Å². The topological polar surface area (TPSA) is 0 Å². The molecule has 0 N–H and O–H groups in total. The van der Waals surface area contributed by atoms with Crippen LogP contribution in [0.15, 0.2) is 0 Å². The van der Waals surface area contributed by atoms with Gasteiger partial charge in [-0.1, -0.05) is 33.6 Å². The molecule has 0 aromatic rings. The standard InChI is InChI=1S/C12H22/c1-9-5-4-6-11(7-9)12(3)8-10(12)2/h9-11H,4-8H2,1-3H3. The zero-order valence-electron chi connectivity index (χ0n) is 8.77. The first-order valence-corrected chi connectivity index (χ1v) is 5.63. The van der Waals surface area contributed by atoms with Crippen molar-refractivity contribution in [2.24, 2.45) is 23.2 Å². The molecule has 2 aliphatic carbocycles. The van der Waals surface area contributed by atoms with E-state index in [1.165, 1.54) is 32.1 Å². The highest BCUT2D eigenvalue weighted by molar-refractivity contribution is 5.01. The van der Waals surface area contributed by atoms with Crippen LogP contribution < -0.4 is 0 Å². The molecule has 0 heteroatoms. The van der Waals surface area contributed by atoms with Gasteiger partial charge in [-0.25, -0.2) is 0 Å². The number of hydrogen-bond acceptors (Lipinski definition) is 0. The third kappa shape index (κ3) is 1.30. The molecule has 2 rings (SSSR count). The molecule has 0 spiro atoms. The van der Waals surface area contributed by atoms with Crippen LogP contribution in [-0.4, -0.2) is 0 Å². The molecule has 0 aromatic carbocycles. The molecule has 0 aromatic heterocycles. The smallest absolute Gasteiger partial charge is 0.0269 e. The maximum absolute atomic E-state index is 2.51. The van der Waals surface area contributed by atoms with Crippen molar-refractivity contribution in [2.45, 2.75) is 52.9 Å². The van der Waals surface area contributed by atoms with Crippen LogP contribution in [0.4, 0.5) is 0 Å². The molecule has 0 aliphatic heterocycles. The third-order valence-corrected chi connectivity index (χ3v) is 4.58. The first-order valence-electron chi connectivity index (χ1n) is 5.63. The molecule has 0 heterocycles. The average Bonchev–Trinajstić information content (AvgIpc) is 2.61. The van der Waals surface area contributed by atoms with Gasteiger partial charge in [-0.3, -0.25) is 0 Å². The summed E-state index contributed by atoms with van der Waals surface area (Å²) in [6.07, 6.45) is 7.52. The Morgan fingerprint density at radius 2 is 1.83 bits per heavy atom. The largest absolute Gasteiger partial charge is 0.0625 e. The van der Waals surface area contributed by atoms with E-state index in [1.807, 2.05) is 0 Å². The molecule has 0 radical (unpaired) electrons. The third-order valence-electron chi connectivity index (χ3n) is 4.58. The minimum Gasteiger partial charge on any atom is -0.0625 e. The summed E-state index contributed by atoms with van der Waals surface area (Å²) in [4.78, 5) is 0. The van der Waals surface area contributed by atoms with Crippen molar-refractivity contribution in [3.63, 3.8) is 0 Å². The Morgan fingerprint density at radius 1 is 1.17 bits per heavy atom. The van der Waals surface area contributed by atoms with Crippen molar-refractivity contribution in [2.75, 3.05) is 0 Å². The maximum atomic E-state index is 2.51.